The summed E-state index contributed by atoms with van der Waals surface area (Å²) in [4.78, 5) is 23.9. The van der Waals surface area contributed by atoms with Crippen LogP contribution in [0.4, 0.5) is 0 Å². The van der Waals surface area contributed by atoms with Crippen LogP contribution in [0.3, 0.4) is 0 Å². The minimum Gasteiger partial charge on any atom is -0.466 e. The zero-order valence-corrected chi connectivity index (χ0v) is 20.4. The Bertz CT molecular complexity index is 1220. The SMILES string of the molecule is COC(=O)c1c(CCCOC(C)=O)c2ccc(Cl)c(-c3c(CCl)nn4c3CSC4)c2n1C. The van der Waals surface area contributed by atoms with E-state index in [-0.39, 0.29) is 18.5 Å². The molecule has 0 N–H and O–H groups in total. The van der Waals surface area contributed by atoms with Crippen molar-refractivity contribution in [2.45, 2.75) is 37.3 Å². The van der Waals surface area contributed by atoms with Gasteiger partial charge < -0.3 is 14.0 Å². The highest BCUT2D eigenvalue weighted by Gasteiger charge is 2.29. The number of thioether (sulfide) groups is 1. The van der Waals surface area contributed by atoms with E-state index in [1.807, 2.05) is 28.4 Å². The Morgan fingerprint density at radius 1 is 1.28 bits per heavy atom. The van der Waals surface area contributed by atoms with Crippen molar-refractivity contribution in [2.75, 3.05) is 13.7 Å². The van der Waals surface area contributed by atoms with Crippen LogP contribution in [0.2, 0.25) is 5.02 Å². The number of carbonyl (C=O) groups is 2. The third kappa shape index (κ3) is 3.89. The second-order valence-corrected chi connectivity index (χ2v) is 9.15. The first kappa shape index (κ1) is 23.0. The van der Waals surface area contributed by atoms with Crippen LogP contribution in [0.15, 0.2) is 12.1 Å². The molecule has 4 rings (SSSR count). The predicted molar refractivity (Wildman–Crippen MR) is 126 cm³/mol. The van der Waals surface area contributed by atoms with Crippen LogP contribution >= 0.6 is 35.0 Å². The molecule has 0 bridgehead atoms. The lowest BCUT2D eigenvalue weighted by Crippen LogP contribution is -2.11. The average molecular weight is 496 g/mol. The smallest absolute Gasteiger partial charge is 0.354 e. The van der Waals surface area contributed by atoms with Crippen molar-refractivity contribution in [1.82, 2.24) is 14.3 Å². The van der Waals surface area contributed by atoms with Crippen LogP contribution in [0.5, 0.6) is 0 Å². The van der Waals surface area contributed by atoms with E-state index in [2.05, 4.69) is 5.10 Å². The van der Waals surface area contributed by atoms with Gasteiger partial charge in [-0.15, -0.1) is 23.4 Å². The number of esters is 2. The van der Waals surface area contributed by atoms with E-state index >= 15 is 0 Å². The Morgan fingerprint density at radius 3 is 2.75 bits per heavy atom. The fraction of sp³-hybridized carbons (Fsp3) is 0.409. The van der Waals surface area contributed by atoms with E-state index in [4.69, 9.17) is 32.7 Å². The number of hydrogen-bond donors (Lipinski definition) is 0. The maximum Gasteiger partial charge on any atom is 0.354 e. The lowest BCUT2D eigenvalue weighted by molar-refractivity contribution is -0.141. The summed E-state index contributed by atoms with van der Waals surface area (Å²) in [6.45, 7) is 1.65. The van der Waals surface area contributed by atoms with E-state index in [9.17, 15) is 9.59 Å². The molecule has 1 aromatic carbocycles. The first-order valence-electron chi connectivity index (χ1n) is 10.1. The van der Waals surface area contributed by atoms with E-state index in [0.29, 0.717) is 23.6 Å². The number of nitrogens with zero attached hydrogens (tertiary/aromatic N) is 3. The number of ether oxygens (including phenoxy) is 2. The molecule has 0 radical (unpaired) electrons. The topological polar surface area (TPSA) is 75.4 Å². The third-order valence-electron chi connectivity index (χ3n) is 5.62. The van der Waals surface area contributed by atoms with Crippen LogP contribution in [0, 0.1) is 0 Å². The molecule has 1 aliphatic rings. The fourth-order valence-corrected chi connectivity index (χ4v) is 5.73. The number of benzene rings is 1. The van der Waals surface area contributed by atoms with Crippen molar-refractivity contribution in [1.29, 1.82) is 0 Å². The van der Waals surface area contributed by atoms with Gasteiger partial charge in [-0.1, -0.05) is 17.7 Å². The minimum atomic E-state index is -0.429. The Hall–Kier alpha value is -2.16. The van der Waals surface area contributed by atoms with E-state index < -0.39 is 5.97 Å². The van der Waals surface area contributed by atoms with Crippen molar-refractivity contribution < 1.29 is 19.1 Å². The first-order chi connectivity index (χ1) is 15.4. The maximum atomic E-state index is 12.8. The van der Waals surface area contributed by atoms with Crippen molar-refractivity contribution >= 4 is 57.8 Å². The van der Waals surface area contributed by atoms with Crippen molar-refractivity contribution in [2.24, 2.45) is 7.05 Å². The second kappa shape index (κ2) is 9.37. The highest BCUT2D eigenvalue weighted by molar-refractivity contribution is 7.97. The summed E-state index contributed by atoms with van der Waals surface area (Å²) in [5, 5.41) is 6.15. The molecule has 0 amide bonds. The van der Waals surface area contributed by atoms with Gasteiger partial charge in [0.05, 0.1) is 47.4 Å². The molecule has 0 fully saturated rings. The predicted octanol–water partition coefficient (Wildman–Crippen LogP) is 4.92. The number of rotatable bonds is 7. The monoisotopic (exact) mass is 495 g/mol. The zero-order valence-electron chi connectivity index (χ0n) is 18.0. The normalized spacial score (nSPS) is 12.9. The molecular formula is C22H23Cl2N3O4S. The number of aromatic nitrogens is 3. The molecule has 0 saturated heterocycles. The van der Waals surface area contributed by atoms with Crippen LogP contribution in [-0.4, -0.2) is 40.0 Å². The summed E-state index contributed by atoms with van der Waals surface area (Å²) < 4.78 is 14.0. The van der Waals surface area contributed by atoms with Gasteiger partial charge in [0.15, 0.2) is 0 Å². The molecule has 3 aromatic rings. The van der Waals surface area contributed by atoms with E-state index in [1.54, 1.807) is 11.8 Å². The van der Waals surface area contributed by atoms with E-state index in [0.717, 1.165) is 50.6 Å². The van der Waals surface area contributed by atoms with Crippen LogP contribution in [0.1, 0.15) is 40.8 Å². The molecule has 1 aliphatic heterocycles. The molecule has 170 valence electrons. The number of carbonyl (C=O) groups excluding carboxylic acids is 2. The molecule has 7 nitrogen and oxygen atoms in total. The van der Waals surface area contributed by atoms with Crippen LogP contribution < -0.4 is 0 Å². The standard InChI is InChI=1S/C22H23Cl2N3O4S/c1-12(28)31-8-4-5-13-14-6-7-15(24)18(20(14)26(2)21(13)22(29)30-3)19-16(9-23)25-27-11-32-10-17(19)27/h6-7H,4-5,8-11H2,1-3H3. The molecule has 2 aromatic heterocycles. The Balaban J connectivity index is 1.94. The van der Waals surface area contributed by atoms with Crippen LogP contribution in [0.25, 0.3) is 22.0 Å². The van der Waals surface area contributed by atoms with Crippen LogP contribution in [-0.2, 0) is 45.2 Å². The van der Waals surface area contributed by atoms with E-state index in [1.165, 1.54) is 14.0 Å². The highest BCUT2D eigenvalue weighted by Crippen LogP contribution is 2.44. The molecule has 0 unspecified atom stereocenters. The Labute approximate surface area is 199 Å². The van der Waals surface area contributed by atoms with Crippen molar-refractivity contribution in [3.05, 3.63) is 39.8 Å². The van der Waals surface area contributed by atoms with Gasteiger partial charge >= 0.3 is 11.9 Å². The zero-order chi connectivity index (χ0) is 23.0. The summed E-state index contributed by atoms with van der Waals surface area (Å²) in [6, 6.07) is 3.77. The molecule has 0 aliphatic carbocycles. The molecule has 0 saturated carbocycles. The largest absolute Gasteiger partial charge is 0.466 e. The summed E-state index contributed by atoms with van der Waals surface area (Å²) >= 11 is 14.8. The summed E-state index contributed by atoms with van der Waals surface area (Å²) in [7, 11) is 3.20. The lowest BCUT2D eigenvalue weighted by atomic mass is 9.98. The van der Waals surface area contributed by atoms with Gasteiger partial charge in [-0.25, -0.2) is 4.79 Å². The Morgan fingerprint density at radius 2 is 2.06 bits per heavy atom. The quantitative estimate of drug-likeness (QED) is 0.263. The number of halogens is 2. The van der Waals surface area contributed by atoms with Gasteiger partial charge in [0.2, 0.25) is 0 Å². The maximum absolute atomic E-state index is 12.8. The van der Waals surface area contributed by atoms with Gasteiger partial charge in [0, 0.05) is 36.2 Å². The number of aryl methyl sites for hydroxylation is 2. The van der Waals surface area contributed by atoms with Gasteiger partial charge in [0.25, 0.3) is 0 Å². The number of methoxy groups -OCH3 is 1. The van der Waals surface area contributed by atoms with Gasteiger partial charge in [-0.2, -0.15) is 5.10 Å². The highest BCUT2D eigenvalue weighted by atomic mass is 35.5. The molecule has 0 spiro atoms. The Kier molecular flexibility index (Phi) is 6.74. The molecule has 3 heterocycles. The average Bonchev–Trinajstić information content (AvgIpc) is 3.43. The molecular weight excluding hydrogens is 473 g/mol. The number of fused-ring (bicyclic) bond motifs is 2. The third-order valence-corrected chi connectivity index (χ3v) is 7.10. The van der Waals surface area contributed by atoms with Crippen molar-refractivity contribution in [3.8, 4) is 11.1 Å². The summed E-state index contributed by atoms with van der Waals surface area (Å²) in [5.41, 5.74) is 5.74. The van der Waals surface area contributed by atoms with Gasteiger partial charge in [0.1, 0.15) is 5.69 Å². The second-order valence-electron chi connectivity index (χ2n) is 7.52. The minimum absolute atomic E-state index is 0.260. The number of alkyl halides is 1. The molecule has 0 atom stereocenters. The molecule has 10 heteroatoms. The molecule has 32 heavy (non-hydrogen) atoms. The lowest BCUT2D eigenvalue weighted by Gasteiger charge is -2.11. The fourth-order valence-electron chi connectivity index (χ4n) is 4.33. The number of hydrogen-bond acceptors (Lipinski definition) is 6. The first-order valence-corrected chi connectivity index (χ1v) is 12.2. The van der Waals surface area contributed by atoms with Gasteiger partial charge in [-0.05, 0) is 24.5 Å². The van der Waals surface area contributed by atoms with Crippen molar-refractivity contribution in [3.63, 3.8) is 0 Å². The van der Waals surface area contributed by atoms with Gasteiger partial charge in [-0.3, -0.25) is 9.48 Å². The summed E-state index contributed by atoms with van der Waals surface area (Å²) in [6.07, 6.45) is 1.12. The summed E-state index contributed by atoms with van der Waals surface area (Å²) in [5.74, 6) is 1.09.